The van der Waals surface area contributed by atoms with Crippen LogP contribution in [0.25, 0.3) is 10.9 Å². The number of nitrogens with zero attached hydrogens (tertiary/aromatic N) is 3. The van der Waals surface area contributed by atoms with Crippen molar-refractivity contribution in [3.8, 4) is 5.75 Å². The molecule has 31 heavy (non-hydrogen) atoms. The normalized spacial score (nSPS) is 18.3. The van der Waals surface area contributed by atoms with Gasteiger partial charge >= 0.3 is 0 Å². The SMILES string of the molecule is CCC1CC=CC(c2cc(OC)ccn2)=NC1=Nc1ccc2[nH]c(C(C)(C)C)cc2c1. The van der Waals surface area contributed by atoms with Crippen LogP contribution in [-0.2, 0) is 5.41 Å². The van der Waals surface area contributed by atoms with Crippen LogP contribution in [0.4, 0.5) is 5.69 Å². The second-order valence-corrected chi connectivity index (χ2v) is 9.00. The van der Waals surface area contributed by atoms with Gasteiger partial charge in [-0.1, -0.05) is 33.8 Å². The third-order valence-corrected chi connectivity index (χ3v) is 5.67. The van der Waals surface area contributed by atoms with Crippen LogP contribution in [0.3, 0.4) is 0 Å². The maximum Gasteiger partial charge on any atom is 0.133 e. The highest BCUT2D eigenvalue weighted by molar-refractivity contribution is 6.14. The molecule has 5 nitrogen and oxygen atoms in total. The molecule has 1 N–H and O–H groups in total. The van der Waals surface area contributed by atoms with E-state index in [9.17, 15) is 0 Å². The summed E-state index contributed by atoms with van der Waals surface area (Å²) >= 11 is 0. The largest absolute Gasteiger partial charge is 0.497 e. The highest BCUT2D eigenvalue weighted by Gasteiger charge is 2.19. The van der Waals surface area contributed by atoms with Gasteiger partial charge in [-0.05, 0) is 49.2 Å². The number of allylic oxidation sites excluding steroid dienone is 2. The number of nitrogens with one attached hydrogen (secondary N) is 1. The fraction of sp³-hybridized carbons (Fsp3) is 0.346. The Morgan fingerprint density at radius 2 is 2.00 bits per heavy atom. The molecule has 3 heterocycles. The Balaban J connectivity index is 1.75. The minimum atomic E-state index is 0.0777. The quantitative estimate of drug-likeness (QED) is 0.539. The zero-order valence-electron chi connectivity index (χ0n) is 18.9. The first-order valence-corrected chi connectivity index (χ1v) is 10.8. The number of aliphatic imine (C=N–C) groups is 2. The van der Waals surface area contributed by atoms with Crippen LogP contribution in [0.1, 0.15) is 51.9 Å². The molecule has 3 aromatic rings. The minimum absolute atomic E-state index is 0.0777. The lowest BCUT2D eigenvalue weighted by atomic mass is 9.92. The number of aromatic nitrogens is 2. The van der Waals surface area contributed by atoms with Gasteiger partial charge in [0.25, 0.3) is 0 Å². The van der Waals surface area contributed by atoms with E-state index in [0.717, 1.165) is 47.0 Å². The Labute approximate surface area is 184 Å². The molecule has 0 amide bonds. The first kappa shape index (κ1) is 21.0. The summed E-state index contributed by atoms with van der Waals surface area (Å²) in [6.07, 6.45) is 7.84. The van der Waals surface area contributed by atoms with Crippen molar-refractivity contribution >= 4 is 28.1 Å². The summed E-state index contributed by atoms with van der Waals surface area (Å²) in [5.74, 6) is 1.88. The van der Waals surface area contributed by atoms with E-state index in [-0.39, 0.29) is 11.3 Å². The zero-order valence-corrected chi connectivity index (χ0v) is 18.9. The summed E-state index contributed by atoms with van der Waals surface area (Å²) in [6, 6.07) is 12.3. The first-order valence-electron chi connectivity index (χ1n) is 10.8. The predicted octanol–water partition coefficient (Wildman–Crippen LogP) is 6.37. The van der Waals surface area contributed by atoms with Crippen molar-refractivity contribution in [3.05, 3.63) is 66.1 Å². The first-order chi connectivity index (χ1) is 14.9. The molecule has 0 aliphatic carbocycles. The molecule has 1 unspecified atom stereocenters. The number of methoxy groups -OCH3 is 1. The number of amidine groups is 1. The Morgan fingerprint density at radius 1 is 1.16 bits per heavy atom. The summed E-state index contributed by atoms with van der Waals surface area (Å²) < 4.78 is 5.36. The Bertz CT molecular complexity index is 1180. The van der Waals surface area contributed by atoms with Gasteiger partial charge in [0.05, 0.1) is 24.2 Å². The van der Waals surface area contributed by atoms with Gasteiger partial charge in [-0.15, -0.1) is 0 Å². The van der Waals surface area contributed by atoms with Gasteiger partial charge in [0, 0.05) is 40.2 Å². The molecule has 0 saturated heterocycles. The van der Waals surface area contributed by atoms with E-state index in [1.807, 2.05) is 18.2 Å². The maximum atomic E-state index is 5.36. The molecule has 0 radical (unpaired) electrons. The fourth-order valence-electron chi connectivity index (χ4n) is 3.71. The van der Waals surface area contributed by atoms with E-state index >= 15 is 0 Å². The van der Waals surface area contributed by atoms with E-state index in [0.29, 0.717) is 0 Å². The van der Waals surface area contributed by atoms with E-state index in [1.54, 1.807) is 13.3 Å². The van der Waals surface area contributed by atoms with Crippen molar-refractivity contribution in [2.45, 2.75) is 46.0 Å². The van der Waals surface area contributed by atoms with Crippen molar-refractivity contribution in [3.63, 3.8) is 0 Å². The summed E-state index contributed by atoms with van der Waals surface area (Å²) in [7, 11) is 1.66. The Kier molecular flexibility index (Phi) is 5.77. The molecule has 4 rings (SSSR count). The van der Waals surface area contributed by atoms with Crippen LogP contribution in [0.5, 0.6) is 5.75 Å². The summed E-state index contributed by atoms with van der Waals surface area (Å²) in [6.45, 7) is 8.83. The molecule has 0 bridgehead atoms. The van der Waals surface area contributed by atoms with E-state index < -0.39 is 0 Å². The number of aromatic amines is 1. The fourth-order valence-corrected chi connectivity index (χ4v) is 3.71. The van der Waals surface area contributed by atoms with E-state index in [4.69, 9.17) is 14.7 Å². The lowest BCUT2D eigenvalue weighted by Crippen LogP contribution is -2.12. The molecule has 0 spiro atoms. The van der Waals surface area contributed by atoms with Gasteiger partial charge in [-0.3, -0.25) is 4.98 Å². The average molecular weight is 415 g/mol. The smallest absolute Gasteiger partial charge is 0.133 e. The molecule has 0 saturated carbocycles. The number of pyridine rings is 1. The number of hydrogen-bond acceptors (Lipinski definition) is 3. The number of rotatable bonds is 4. The van der Waals surface area contributed by atoms with Crippen LogP contribution in [-0.4, -0.2) is 28.6 Å². The molecule has 1 atom stereocenters. The van der Waals surface area contributed by atoms with Crippen molar-refractivity contribution in [1.29, 1.82) is 0 Å². The zero-order chi connectivity index (χ0) is 22.0. The number of ether oxygens (including phenoxy) is 1. The lowest BCUT2D eigenvalue weighted by Gasteiger charge is -2.15. The van der Waals surface area contributed by atoms with E-state index in [1.165, 1.54) is 11.1 Å². The summed E-state index contributed by atoms with van der Waals surface area (Å²) in [5.41, 5.74) is 4.95. The molecule has 1 aromatic carbocycles. The van der Waals surface area contributed by atoms with Crippen molar-refractivity contribution in [1.82, 2.24) is 9.97 Å². The van der Waals surface area contributed by atoms with Crippen molar-refractivity contribution in [2.24, 2.45) is 15.9 Å². The second kappa shape index (κ2) is 8.50. The molecule has 2 aromatic heterocycles. The van der Waals surface area contributed by atoms with Gasteiger partial charge in [0.2, 0.25) is 0 Å². The van der Waals surface area contributed by atoms with Crippen molar-refractivity contribution < 1.29 is 4.74 Å². The number of H-pyrrole nitrogens is 1. The highest BCUT2D eigenvalue weighted by atomic mass is 16.5. The highest BCUT2D eigenvalue weighted by Crippen LogP contribution is 2.29. The number of hydrogen-bond donors (Lipinski definition) is 1. The van der Waals surface area contributed by atoms with Gasteiger partial charge in [0.15, 0.2) is 0 Å². The molecule has 5 heteroatoms. The number of fused-ring (bicyclic) bond motifs is 1. The Morgan fingerprint density at radius 3 is 2.74 bits per heavy atom. The van der Waals surface area contributed by atoms with Crippen LogP contribution in [0, 0.1) is 5.92 Å². The lowest BCUT2D eigenvalue weighted by molar-refractivity contribution is 0.414. The van der Waals surface area contributed by atoms with Gasteiger partial charge in [-0.2, -0.15) is 0 Å². The van der Waals surface area contributed by atoms with Gasteiger partial charge in [-0.25, -0.2) is 9.98 Å². The van der Waals surface area contributed by atoms with E-state index in [2.05, 4.69) is 68.0 Å². The average Bonchev–Trinajstić information content (AvgIpc) is 3.09. The van der Waals surface area contributed by atoms with Gasteiger partial charge in [0.1, 0.15) is 11.6 Å². The van der Waals surface area contributed by atoms with Crippen LogP contribution >= 0.6 is 0 Å². The molecule has 1 aliphatic rings. The summed E-state index contributed by atoms with van der Waals surface area (Å²) in [5, 5.41) is 1.17. The molecular formula is C26H30N4O. The van der Waals surface area contributed by atoms with Crippen LogP contribution in [0.2, 0.25) is 0 Å². The Hall–Kier alpha value is -3.21. The minimum Gasteiger partial charge on any atom is -0.497 e. The molecule has 1 aliphatic heterocycles. The third-order valence-electron chi connectivity index (χ3n) is 5.67. The predicted molar refractivity (Wildman–Crippen MR) is 129 cm³/mol. The topological polar surface area (TPSA) is 62.6 Å². The molecule has 160 valence electrons. The summed E-state index contributed by atoms with van der Waals surface area (Å²) in [4.78, 5) is 18.0. The second-order valence-electron chi connectivity index (χ2n) is 9.00. The van der Waals surface area contributed by atoms with Crippen LogP contribution in [0.15, 0.2) is 64.7 Å². The molecular weight excluding hydrogens is 384 g/mol. The van der Waals surface area contributed by atoms with Crippen LogP contribution < -0.4 is 4.74 Å². The number of benzene rings is 1. The van der Waals surface area contributed by atoms with Gasteiger partial charge < -0.3 is 9.72 Å². The monoisotopic (exact) mass is 414 g/mol. The third kappa shape index (κ3) is 4.61. The van der Waals surface area contributed by atoms with Crippen molar-refractivity contribution in [2.75, 3.05) is 7.11 Å². The molecule has 0 fully saturated rings. The standard InChI is InChI=1S/C26H30N4O/c1-6-17-8-7-9-22(23-16-20(31-5)12-13-27-23)30-25(17)28-19-10-11-21-18(14-19)15-24(29-21)26(2,3)4/h7,9-17,29H,6,8H2,1-5H3. The maximum absolute atomic E-state index is 5.36.